The van der Waals surface area contributed by atoms with Gasteiger partial charge in [0.15, 0.2) is 0 Å². The van der Waals surface area contributed by atoms with Gasteiger partial charge in [0, 0.05) is 42.1 Å². The van der Waals surface area contributed by atoms with Crippen LogP contribution in [-0.2, 0) is 22.4 Å². The van der Waals surface area contributed by atoms with Crippen LogP contribution in [0, 0.1) is 17.1 Å². The quantitative estimate of drug-likeness (QED) is 0.204. The van der Waals surface area contributed by atoms with Crippen molar-refractivity contribution in [3.05, 3.63) is 93.3 Å². The fourth-order valence-electron chi connectivity index (χ4n) is 6.45. The largest absolute Gasteiger partial charge is 0.459 e. The first-order valence-corrected chi connectivity index (χ1v) is 14.9. The number of halogens is 1. The maximum atomic E-state index is 15.5. The van der Waals surface area contributed by atoms with Crippen molar-refractivity contribution in [2.24, 2.45) is 0 Å². The lowest BCUT2D eigenvalue weighted by atomic mass is 9.80. The van der Waals surface area contributed by atoms with E-state index in [0.29, 0.717) is 59.9 Å². The summed E-state index contributed by atoms with van der Waals surface area (Å²) >= 11 is 0. The highest BCUT2D eigenvalue weighted by molar-refractivity contribution is 5.71. The Bertz CT molecular complexity index is 1710. The van der Waals surface area contributed by atoms with E-state index in [1.54, 1.807) is 36.5 Å². The molecule has 0 N–H and O–H groups in total. The molecule has 0 bridgehead atoms. The zero-order valence-corrected chi connectivity index (χ0v) is 24.5. The number of carbonyl (C=O) groups is 1. The zero-order valence-electron chi connectivity index (χ0n) is 24.5. The van der Waals surface area contributed by atoms with Gasteiger partial charge in [0.05, 0.1) is 23.5 Å². The van der Waals surface area contributed by atoms with Crippen LogP contribution in [0.25, 0.3) is 16.8 Å². The third-order valence-electron chi connectivity index (χ3n) is 8.71. The number of nitrogens with zero attached hydrogens (tertiary/aromatic N) is 4. The molecule has 2 aromatic heterocycles. The molecule has 1 aliphatic carbocycles. The summed E-state index contributed by atoms with van der Waals surface area (Å²) in [6.07, 6.45) is 8.06. The number of unbranched alkanes of at least 4 members (excludes halogenated alkanes) is 1. The number of hydrogen-bond acceptors (Lipinski definition) is 5. The molecule has 2 aromatic carbocycles. The fraction of sp³-hybridized carbons (Fsp3) is 0.412. The van der Waals surface area contributed by atoms with Crippen LogP contribution in [0.3, 0.4) is 0 Å². The van der Waals surface area contributed by atoms with Crippen LogP contribution < -0.4 is 5.56 Å². The van der Waals surface area contributed by atoms with Crippen molar-refractivity contribution in [2.75, 3.05) is 0 Å². The van der Waals surface area contributed by atoms with Crippen LogP contribution in [0.1, 0.15) is 94.1 Å². The molecule has 1 aliphatic rings. The molecule has 7 nitrogen and oxygen atoms in total. The number of carbonyl (C=O) groups excluding carboxylic acids is 1. The van der Waals surface area contributed by atoms with Crippen LogP contribution in [0.4, 0.5) is 4.39 Å². The van der Waals surface area contributed by atoms with Crippen molar-refractivity contribution in [3.8, 4) is 17.2 Å². The Balaban J connectivity index is 1.55. The van der Waals surface area contributed by atoms with Gasteiger partial charge in [-0.3, -0.25) is 14.2 Å². The maximum Gasteiger partial charge on any atom is 0.303 e. The number of esters is 1. The molecular formula is C34H37FN4O3. The summed E-state index contributed by atoms with van der Waals surface area (Å²) in [5.41, 5.74) is 3.66. The summed E-state index contributed by atoms with van der Waals surface area (Å²) in [4.78, 5) is 26.1. The number of ether oxygens (including phenoxy) is 1. The molecule has 0 saturated heterocycles. The summed E-state index contributed by atoms with van der Waals surface area (Å²) in [5.74, 6) is -0.706. The lowest BCUT2D eigenvalue weighted by Crippen LogP contribution is -2.41. The Morgan fingerprint density at radius 1 is 1.14 bits per heavy atom. The zero-order chi connectivity index (χ0) is 29.9. The van der Waals surface area contributed by atoms with Gasteiger partial charge in [0.25, 0.3) is 5.56 Å². The Hall–Kier alpha value is -4.25. The van der Waals surface area contributed by atoms with Crippen LogP contribution in [0.15, 0.2) is 59.5 Å². The molecule has 0 unspecified atom stereocenters. The molecule has 0 spiro atoms. The summed E-state index contributed by atoms with van der Waals surface area (Å²) in [6.45, 7) is 5.59. The first-order valence-electron chi connectivity index (χ1n) is 14.9. The topological polar surface area (TPSA) is 89.4 Å². The lowest BCUT2D eigenvalue weighted by Gasteiger charge is -2.39. The van der Waals surface area contributed by atoms with Gasteiger partial charge < -0.3 is 4.74 Å². The molecule has 1 fully saturated rings. The third kappa shape index (κ3) is 5.61. The lowest BCUT2D eigenvalue weighted by molar-refractivity contribution is -0.161. The van der Waals surface area contributed by atoms with E-state index < -0.39 is 11.4 Å². The molecule has 0 amide bonds. The molecule has 4 aromatic rings. The Morgan fingerprint density at radius 2 is 1.90 bits per heavy atom. The van der Waals surface area contributed by atoms with Crippen LogP contribution in [-0.4, -0.2) is 25.8 Å². The predicted molar refractivity (Wildman–Crippen MR) is 160 cm³/mol. The van der Waals surface area contributed by atoms with Crippen molar-refractivity contribution in [2.45, 2.75) is 90.2 Å². The van der Waals surface area contributed by atoms with Crippen molar-refractivity contribution >= 4 is 11.6 Å². The highest BCUT2D eigenvalue weighted by atomic mass is 19.1. The van der Waals surface area contributed by atoms with Crippen molar-refractivity contribution in [1.29, 1.82) is 5.26 Å². The SMILES string of the molecule is CCCCc1c(Cc2ccc(-c3ccccc3C#N)c(F)c2)c(=O)n(C2CCC(CC)(OC(C)=O)CC2)c2ccnn12. The van der Waals surface area contributed by atoms with Crippen LogP contribution >= 0.6 is 0 Å². The van der Waals surface area contributed by atoms with E-state index in [4.69, 9.17) is 4.74 Å². The van der Waals surface area contributed by atoms with E-state index in [-0.39, 0.29) is 24.0 Å². The molecular weight excluding hydrogens is 531 g/mol. The number of nitriles is 1. The van der Waals surface area contributed by atoms with Gasteiger partial charge in [-0.05, 0) is 62.6 Å². The summed E-state index contributed by atoms with van der Waals surface area (Å²) in [7, 11) is 0. The van der Waals surface area contributed by atoms with E-state index in [1.165, 1.54) is 13.0 Å². The highest BCUT2D eigenvalue weighted by Gasteiger charge is 2.38. The molecule has 5 rings (SSSR count). The highest BCUT2D eigenvalue weighted by Crippen LogP contribution is 2.40. The van der Waals surface area contributed by atoms with E-state index in [0.717, 1.165) is 30.6 Å². The Labute approximate surface area is 245 Å². The van der Waals surface area contributed by atoms with Gasteiger partial charge >= 0.3 is 5.97 Å². The maximum absolute atomic E-state index is 15.5. The standard InChI is InChI=1S/C34H37FN4O3/c1-4-6-11-31-29(20-24-12-13-28(30(35)21-24)27-10-8-7-9-25(27)22-36)33(41)38(32-16-19-37-39(31)32)26-14-17-34(5-2,18-15-26)42-23(3)40/h7-10,12-13,16,19,21,26H,4-6,11,14-15,17-18,20H2,1-3H3. The van der Waals surface area contributed by atoms with Crippen molar-refractivity contribution in [3.63, 3.8) is 0 Å². The van der Waals surface area contributed by atoms with E-state index in [2.05, 4.69) is 18.1 Å². The molecule has 1 saturated carbocycles. The molecule has 0 aliphatic heterocycles. The van der Waals surface area contributed by atoms with E-state index in [1.807, 2.05) is 28.1 Å². The molecule has 0 radical (unpaired) electrons. The van der Waals surface area contributed by atoms with Gasteiger partial charge in [-0.2, -0.15) is 10.4 Å². The normalized spacial score (nSPS) is 18.6. The number of hydrogen-bond donors (Lipinski definition) is 0. The van der Waals surface area contributed by atoms with Crippen molar-refractivity contribution in [1.82, 2.24) is 14.2 Å². The van der Waals surface area contributed by atoms with Crippen LogP contribution in [0.5, 0.6) is 0 Å². The summed E-state index contributed by atoms with van der Waals surface area (Å²) < 4.78 is 25.0. The van der Waals surface area contributed by atoms with E-state index in [9.17, 15) is 14.9 Å². The average Bonchev–Trinajstić information content (AvgIpc) is 3.47. The van der Waals surface area contributed by atoms with Gasteiger partial charge in [-0.25, -0.2) is 8.91 Å². The Morgan fingerprint density at radius 3 is 2.57 bits per heavy atom. The second-order valence-electron chi connectivity index (χ2n) is 11.3. The average molecular weight is 569 g/mol. The molecule has 42 heavy (non-hydrogen) atoms. The first-order chi connectivity index (χ1) is 20.3. The second kappa shape index (κ2) is 12.3. The monoisotopic (exact) mass is 568 g/mol. The molecule has 8 heteroatoms. The smallest absolute Gasteiger partial charge is 0.303 e. The molecule has 0 atom stereocenters. The van der Waals surface area contributed by atoms with E-state index >= 15 is 4.39 Å². The number of rotatable bonds is 9. The predicted octanol–water partition coefficient (Wildman–Crippen LogP) is 6.93. The van der Waals surface area contributed by atoms with Gasteiger partial charge in [0.1, 0.15) is 17.1 Å². The summed E-state index contributed by atoms with van der Waals surface area (Å²) in [6, 6.07) is 15.9. The molecule has 218 valence electrons. The minimum Gasteiger partial charge on any atom is -0.459 e. The second-order valence-corrected chi connectivity index (χ2v) is 11.3. The Kier molecular flexibility index (Phi) is 8.58. The first kappa shape index (κ1) is 29.2. The third-order valence-corrected chi connectivity index (χ3v) is 8.71. The van der Waals surface area contributed by atoms with Gasteiger partial charge in [-0.1, -0.05) is 50.6 Å². The van der Waals surface area contributed by atoms with Gasteiger partial charge in [-0.15, -0.1) is 0 Å². The molecule has 2 heterocycles. The number of benzene rings is 2. The summed E-state index contributed by atoms with van der Waals surface area (Å²) in [5, 5.41) is 14.1. The minimum atomic E-state index is -0.490. The fourth-order valence-corrected chi connectivity index (χ4v) is 6.45. The number of aryl methyl sites for hydroxylation is 1. The van der Waals surface area contributed by atoms with Gasteiger partial charge in [0.2, 0.25) is 0 Å². The van der Waals surface area contributed by atoms with Crippen molar-refractivity contribution < 1.29 is 13.9 Å². The van der Waals surface area contributed by atoms with Crippen LogP contribution in [0.2, 0.25) is 0 Å². The number of aromatic nitrogens is 3. The minimum absolute atomic E-state index is 0.0625. The number of fused-ring (bicyclic) bond motifs is 1.